The maximum absolute atomic E-state index is 5.67. The zero-order chi connectivity index (χ0) is 13.2. The molecule has 1 aliphatic rings. The zero-order valence-corrected chi connectivity index (χ0v) is 10.9. The number of nitrogens with zero attached hydrogens (tertiary/aromatic N) is 2. The average Bonchev–Trinajstić information content (AvgIpc) is 3.15. The van der Waals surface area contributed by atoms with Gasteiger partial charge < -0.3 is 16.4 Å². The first-order chi connectivity index (χ1) is 9.19. The molecule has 1 aliphatic carbocycles. The molecule has 19 heavy (non-hydrogen) atoms. The molecule has 0 unspecified atom stereocenters. The maximum atomic E-state index is 5.67. The van der Waals surface area contributed by atoms with Crippen molar-refractivity contribution in [1.29, 1.82) is 0 Å². The largest absolute Gasteiger partial charge is 0.399 e. The van der Waals surface area contributed by atoms with E-state index in [1.807, 2.05) is 37.3 Å². The Morgan fingerprint density at radius 2 is 1.79 bits per heavy atom. The summed E-state index contributed by atoms with van der Waals surface area (Å²) in [7, 11) is 0. The van der Waals surface area contributed by atoms with E-state index in [0.29, 0.717) is 6.04 Å². The topological polar surface area (TPSA) is 75.9 Å². The third-order valence-corrected chi connectivity index (χ3v) is 2.95. The number of nitrogen functional groups attached to an aromatic ring is 1. The first-order valence-corrected chi connectivity index (χ1v) is 6.44. The lowest BCUT2D eigenvalue weighted by atomic mass is 10.3. The first kappa shape index (κ1) is 11.8. The van der Waals surface area contributed by atoms with Gasteiger partial charge in [0.1, 0.15) is 17.5 Å². The van der Waals surface area contributed by atoms with Crippen LogP contribution in [0.1, 0.15) is 18.7 Å². The predicted molar refractivity (Wildman–Crippen MR) is 77.6 cm³/mol. The molecule has 0 aliphatic heterocycles. The van der Waals surface area contributed by atoms with Crippen LogP contribution < -0.4 is 16.4 Å². The van der Waals surface area contributed by atoms with Crippen molar-refractivity contribution in [2.75, 3.05) is 16.4 Å². The van der Waals surface area contributed by atoms with Crippen molar-refractivity contribution >= 4 is 23.0 Å². The molecule has 0 atom stereocenters. The highest BCUT2D eigenvalue weighted by Crippen LogP contribution is 2.25. The van der Waals surface area contributed by atoms with Gasteiger partial charge in [0.25, 0.3) is 0 Å². The van der Waals surface area contributed by atoms with Gasteiger partial charge in [-0.2, -0.15) is 0 Å². The summed E-state index contributed by atoms with van der Waals surface area (Å²) in [5, 5.41) is 6.64. The van der Waals surface area contributed by atoms with Crippen molar-refractivity contribution in [2.24, 2.45) is 0 Å². The van der Waals surface area contributed by atoms with Gasteiger partial charge in [-0.3, -0.25) is 0 Å². The molecule has 0 bridgehead atoms. The van der Waals surface area contributed by atoms with Crippen LogP contribution in [0.4, 0.5) is 23.0 Å². The minimum Gasteiger partial charge on any atom is -0.399 e. The molecule has 4 N–H and O–H groups in total. The van der Waals surface area contributed by atoms with Crippen molar-refractivity contribution in [3.05, 3.63) is 36.2 Å². The predicted octanol–water partition coefficient (Wildman–Crippen LogP) is 2.69. The fourth-order valence-electron chi connectivity index (χ4n) is 1.86. The third-order valence-electron chi connectivity index (χ3n) is 2.95. The highest BCUT2D eigenvalue weighted by molar-refractivity contribution is 5.61. The number of nitrogens with one attached hydrogen (secondary N) is 2. The summed E-state index contributed by atoms with van der Waals surface area (Å²) >= 11 is 0. The molecule has 98 valence electrons. The van der Waals surface area contributed by atoms with Crippen LogP contribution in [0, 0.1) is 6.92 Å². The zero-order valence-electron chi connectivity index (χ0n) is 10.9. The van der Waals surface area contributed by atoms with Gasteiger partial charge in [0, 0.05) is 23.5 Å². The molecule has 0 saturated heterocycles. The second kappa shape index (κ2) is 4.76. The number of nitrogens with two attached hydrogens (primary N) is 1. The fourth-order valence-corrected chi connectivity index (χ4v) is 1.86. The third kappa shape index (κ3) is 3.13. The van der Waals surface area contributed by atoms with E-state index in [9.17, 15) is 0 Å². The van der Waals surface area contributed by atoms with Crippen LogP contribution in [0.2, 0.25) is 0 Å². The van der Waals surface area contributed by atoms with E-state index in [1.54, 1.807) is 0 Å². The summed E-state index contributed by atoms with van der Waals surface area (Å²) in [5.41, 5.74) is 7.38. The smallest absolute Gasteiger partial charge is 0.136 e. The Morgan fingerprint density at radius 1 is 1.11 bits per heavy atom. The van der Waals surface area contributed by atoms with E-state index < -0.39 is 0 Å². The summed E-state index contributed by atoms with van der Waals surface area (Å²) in [6.45, 7) is 1.90. The minimum atomic E-state index is 0.582. The molecule has 5 heteroatoms. The molecule has 1 aromatic heterocycles. The summed E-state index contributed by atoms with van der Waals surface area (Å²) in [5.74, 6) is 2.43. The highest BCUT2D eigenvalue weighted by Gasteiger charge is 2.21. The summed E-state index contributed by atoms with van der Waals surface area (Å²) in [6, 6.07) is 10.1. The molecule has 1 saturated carbocycles. The average molecular weight is 255 g/mol. The van der Waals surface area contributed by atoms with Gasteiger partial charge >= 0.3 is 0 Å². The SMILES string of the molecule is Cc1nc(Nc2ccc(N)cc2)cc(NC2CC2)n1. The Hall–Kier alpha value is -2.30. The molecule has 3 rings (SSSR count). The standard InChI is InChI=1S/C14H17N5/c1-9-16-13(8-14(17-9)19-12-6-7-12)18-11-4-2-10(15)3-5-11/h2-5,8,12H,6-7,15H2,1H3,(H2,16,17,18,19). The van der Waals surface area contributed by atoms with Gasteiger partial charge in [-0.25, -0.2) is 9.97 Å². The maximum Gasteiger partial charge on any atom is 0.136 e. The fraction of sp³-hybridized carbons (Fsp3) is 0.286. The molecule has 1 heterocycles. The van der Waals surface area contributed by atoms with Crippen LogP contribution in [0.3, 0.4) is 0 Å². The van der Waals surface area contributed by atoms with E-state index >= 15 is 0 Å². The van der Waals surface area contributed by atoms with Crippen LogP contribution in [-0.4, -0.2) is 16.0 Å². The Labute approximate surface area is 112 Å². The molecular formula is C14H17N5. The Morgan fingerprint density at radius 3 is 2.47 bits per heavy atom. The van der Waals surface area contributed by atoms with Gasteiger partial charge in [-0.15, -0.1) is 0 Å². The lowest BCUT2D eigenvalue weighted by Crippen LogP contribution is -2.06. The van der Waals surface area contributed by atoms with Crippen molar-refractivity contribution < 1.29 is 0 Å². The van der Waals surface area contributed by atoms with Crippen LogP contribution in [0.25, 0.3) is 0 Å². The number of aromatic nitrogens is 2. The molecule has 0 spiro atoms. The van der Waals surface area contributed by atoms with Gasteiger partial charge in [-0.05, 0) is 44.0 Å². The van der Waals surface area contributed by atoms with Crippen LogP contribution in [-0.2, 0) is 0 Å². The first-order valence-electron chi connectivity index (χ1n) is 6.44. The lowest BCUT2D eigenvalue weighted by Gasteiger charge is -2.09. The van der Waals surface area contributed by atoms with E-state index in [2.05, 4.69) is 20.6 Å². The summed E-state index contributed by atoms with van der Waals surface area (Å²) < 4.78 is 0. The summed E-state index contributed by atoms with van der Waals surface area (Å²) in [6.07, 6.45) is 2.45. The van der Waals surface area contributed by atoms with E-state index in [0.717, 1.165) is 28.8 Å². The lowest BCUT2D eigenvalue weighted by molar-refractivity contribution is 1.02. The number of anilines is 4. The number of aryl methyl sites for hydroxylation is 1. The van der Waals surface area contributed by atoms with Gasteiger partial charge in [0.2, 0.25) is 0 Å². The minimum absolute atomic E-state index is 0.582. The molecule has 0 radical (unpaired) electrons. The van der Waals surface area contributed by atoms with E-state index in [-0.39, 0.29) is 0 Å². The van der Waals surface area contributed by atoms with Gasteiger partial charge in [0.15, 0.2) is 0 Å². The van der Waals surface area contributed by atoms with Crippen molar-refractivity contribution in [2.45, 2.75) is 25.8 Å². The van der Waals surface area contributed by atoms with Gasteiger partial charge in [-0.1, -0.05) is 0 Å². The Kier molecular flexibility index (Phi) is 2.95. The second-order valence-corrected chi connectivity index (χ2v) is 4.85. The Balaban J connectivity index is 1.79. The van der Waals surface area contributed by atoms with E-state index in [1.165, 1.54) is 12.8 Å². The number of rotatable bonds is 4. The van der Waals surface area contributed by atoms with Crippen LogP contribution >= 0.6 is 0 Å². The molecule has 5 nitrogen and oxygen atoms in total. The number of hydrogen-bond acceptors (Lipinski definition) is 5. The monoisotopic (exact) mass is 255 g/mol. The van der Waals surface area contributed by atoms with Crippen LogP contribution in [0.15, 0.2) is 30.3 Å². The molecular weight excluding hydrogens is 238 g/mol. The number of benzene rings is 1. The molecule has 1 aromatic carbocycles. The second-order valence-electron chi connectivity index (χ2n) is 4.85. The molecule has 2 aromatic rings. The Bertz CT molecular complexity index is 575. The van der Waals surface area contributed by atoms with Crippen LogP contribution in [0.5, 0.6) is 0 Å². The van der Waals surface area contributed by atoms with Gasteiger partial charge in [0.05, 0.1) is 0 Å². The summed E-state index contributed by atoms with van der Waals surface area (Å²) in [4.78, 5) is 8.77. The molecule has 1 fully saturated rings. The normalized spacial score (nSPS) is 14.2. The quantitative estimate of drug-likeness (QED) is 0.732. The number of hydrogen-bond donors (Lipinski definition) is 3. The highest BCUT2D eigenvalue weighted by atomic mass is 15.1. The van der Waals surface area contributed by atoms with Crippen molar-refractivity contribution in [3.8, 4) is 0 Å². The van der Waals surface area contributed by atoms with E-state index in [4.69, 9.17) is 5.73 Å². The van der Waals surface area contributed by atoms with Crippen molar-refractivity contribution in [1.82, 2.24) is 9.97 Å². The molecule has 0 amide bonds. The van der Waals surface area contributed by atoms with Crippen molar-refractivity contribution in [3.63, 3.8) is 0 Å².